The van der Waals surface area contributed by atoms with Gasteiger partial charge in [0.1, 0.15) is 0 Å². The number of carbonyl (C=O) groups is 2. The van der Waals surface area contributed by atoms with E-state index >= 15 is 0 Å². The molecule has 0 saturated carbocycles. The zero-order valence-corrected chi connectivity index (χ0v) is 12.9. The van der Waals surface area contributed by atoms with Crippen molar-refractivity contribution in [2.75, 3.05) is 19.6 Å². The van der Waals surface area contributed by atoms with Crippen LogP contribution in [0.3, 0.4) is 0 Å². The minimum Gasteiger partial charge on any atom is -0.351 e. The predicted octanol–water partition coefficient (Wildman–Crippen LogP) is 1.34. The molecule has 1 aliphatic rings. The van der Waals surface area contributed by atoms with E-state index in [-0.39, 0.29) is 25.0 Å². The third-order valence-electron chi connectivity index (χ3n) is 3.31. The molecule has 0 aliphatic carbocycles. The molecular weight excluding hydrogens is 335 g/mol. The Morgan fingerprint density at radius 1 is 1.26 bits per heavy atom. The van der Waals surface area contributed by atoms with Gasteiger partial charge in [-0.25, -0.2) is 0 Å². The highest BCUT2D eigenvalue weighted by atomic mass is 35.5. The van der Waals surface area contributed by atoms with Crippen LogP contribution in [-0.2, 0) is 11.0 Å². The monoisotopic (exact) mass is 351 g/mol. The van der Waals surface area contributed by atoms with E-state index in [2.05, 4.69) is 16.0 Å². The van der Waals surface area contributed by atoms with Gasteiger partial charge in [-0.05, 0) is 25.1 Å². The lowest BCUT2D eigenvalue weighted by Gasteiger charge is -2.14. The summed E-state index contributed by atoms with van der Waals surface area (Å²) in [6.45, 7) is 1.09. The van der Waals surface area contributed by atoms with Crippen LogP contribution in [0.1, 0.15) is 22.3 Å². The highest BCUT2D eigenvalue weighted by Gasteiger charge is 2.34. The maximum Gasteiger partial charge on any atom is 0.417 e. The summed E-state index contributed by atoms with van der Waals surface area (Å²) in [6.07, 6.45) is -3.83. The normalized spacial score (nSPS) is 17.3. The average Bonchev–Trinajstić information content (AvgIpc) is 2.96. The molecule has 23 heavy (non-hydrogen) atoms. The van der Waals surface area contributed by atoms with Crippen LogP contribution in [0.2, 0.25) is 0 Å². The molecule has 0 spiro atoms. The number of halogens is 4. The van der Waals surface area contributed by atoms with Crippen LogP contribution in [0, 0.1) is 0 Å². The summed E-state index contributed by atoms with van der Waals surface area (Å²) in [7, 11) is 0. The van der Waals surface area contributed by atoms with Gasteiger partial charge in [-0.15, -0.1) is 12.4 Å². The van der Waals surface area contributed by atoms with Gasteiger partial charge < -0.3 is 16.0 Å². The largest absolute Gasteiger partial charge is 0.417 e. The minimum atomic E-state index is -4.62. The van der Waals surface area contributed by atoms with Crippen molar-refractivity contribution in [2.45, 2.75) is 18.6 Å². The summed E-state index contributed by atoms with van der Waals surface area (Å²) < 4.78 is 38.4. The smallest absolute Gasteiger partial charge is 0.351 e. The Kier molecular flexibility index (Phi) is 6.83. The summed E-state index contributed by atoms with van der Waals surface area (Å²) in [5.41, 5.74) is -1.52. The Morgan fingerprint density at radius 2 is 1.96 bits per heavy atom. The number of carbonyl (C=O) groups excluding carboxylic acids is 2. The van der Waals surface area contributed by atoms with Gasteiger partial charge >= 0.3 is 6.18 Å². The van der Waals surface area contributed by atoms with Gasteiger partial charge in [0.05, 0.1) is 17.7 Å². The lowest BCUT2D eigenvalue weighted by Crippen LogP contribution is -2.43. The van der Waals surface area contributed by atoms with Crippen LogP contribution < -0.4 is 16.0 Å². The van der Waals surface area contributed by atoms with Crippen LogP contribution >= 0.6 is 12.4 Å². The molecule has 1 fully saturated rings. The van der Waals surface area contributed by atoms with Crippen molar-refractivity contribution in [1.82, 2.24) is 16.0 Å². The van der Waals surface area contributed by atoms with Crippen molar-refractivity contribution in [2.24, 2.45) is 0 Å². The highest BCUT2D eigenvalue weighted by Crippen LogP contribution is 2.31. The number of benzene rings is 1. The summed E-state index contributed by atoms with van der Waals surface area (Å²) in [5, 5.41) is 7.97. The molecule has 1 aromatic rings. The molecule has 128 valence electrons. The van der Waals surface area contributed by atoms with Gasteiger partial charge in [0.25, 0.3) is 5.91 Å². The lowest BCUT2D eigenvalue weighted by molar-refractivity contribution is -0.137. The first kappa shape index (κ1) is 19.2. The quantitative estimate of drug-likeness (QED) is 0.766. The molecular formula is C14H17ClF3N3O2. The standard InChI is InChI=1S/C14H16F3N3O2.ClH/c15-14(16,17)11-4-2-1-3-10(11)13(22)19-8-12(21)20-9-5-6-18-7-9;/h1-4,9,18H,5-8H2,(H,19,22)(H,20,21);1H. The topological polar surface area (TPSA) is 70.2 Å². The highest BCUT2D eigenvalue weighted by molar-refractivity contribution is 5.97. The first-order valence-corrected chi connectivity index (χ1v) is 6.82. The van der Waals surface area contributed by atoms with Crippen LogP contribution in [0.25, 0.3) is 0 Å². The first-order chi connectivity index (χ1) is 10.4. The molecule has 2 amide bonds. The zero-order chi connectivity index (χ0) is 16.2. The van der Waals surface area contributed by atoms with Crippen molar-refractivity contribution in [1.29, 1.82) is 0 Å². The van der Waals surface area contributed by atoms with E-state index in [0.717, 1.165) is 25.1 Å². The maximum absolute atomic E-state index is 12.8. The molecule has 3 N–H and O–H groups in total. The molecule has 1 aliphatic heterocycles. The Hall–Kier alpha value is -1.80. The Bertz CT molecular complexity index is 560. The molecule has 5 nitrogen and oxygen atoms in total. The van der Waals surface area contributed by atoms with E-state index in [0.29, 0.717) is 6.54 Å². The van der Waals surface area contributed by atoms with Gasteiger partial charge in [-0.1, -0.05) is 12.1 Å². The zero-order valence-electron chi connectivity index (χ0n) is 12.1. The van der Waals surface area contributed by atoms with Crippen LogP contribution in [0.5, 0.6) is 0 Å². The second-order valence-corrected chi connectivity index (χ2v) is 4.98. The molecule has 1 atom stereocenters. The molecule has 1 unspecified atom stereocenters. The molecule has 1 heterocycles. The van der Waals surface area contributed by atoms with Crippen molar-refractivity contribution >= 4 is 24.2 Å². The third-order valence-corrected chi connectivity index (χ3v) is 3.31. The van der Waals surface area contributed by atoms with E-state index in [1.807, 2.05) is 0 Å². The third kappa shape index (κ3) is 5.40. The average molecular weight is 352 g/mol. The van der Waals surface area contributed by atoms with E-state index < -0.39 is 29.1 Å². The Morgan fingerprint density at radius 3 is 2.57 bits per heavy atom. The molecule has 0 aromatic heterocycles. The molecule has 0 radical (unpaired) electrons. The van der Waals surface area contributed by atoms with Crippen molar-refractivity contribution < 1.29 is 22.8 Å². The summed E-state index contributed by atoms with van der Waals surface area (Å²) in [6, 6.07) is 4.45. The van der Waals surface area contributed by atoms with E-state index in [4.69, 9.17) is 0 Å². The second-order valence-electron chi connectivity index (χ2n) is 4.98. The fourth-order valence-electron chi connectivity index (χ4n) is 2.24. The molecule has 9 heteroatoms. The van der Waals surface area contributed by atoms with Gasteiger partial charge in [0.2, 0.25) is 5.91 Å². The number of hydrogen-bond donors (Lipinski definition) is 3. The fraction of sp³-hybridized carbons (Fsp3) is 0.429. The van der Waals surface area contributed by atoms with Crippen molar-refractivity contribution in [3.05, 3.63) is 35.4 Å². The van der Waals surface area contributed by atoms with Gasteiger partial charge in [-0.3, -0.25) is 9.59 Å². The number of hydrogen-bond acceptors (Lipinski definition) is 3. The maximum atomic E-state index is 12.8. The van der Waals surface area contributed by atoms with Gasteiger partial charge in [-0.2, -0.15) is 13.2 Å². The van der Waals surface area contributed by atoms with Gasteiger partial charge in [0.15, 0.2) is 0 Å². The SMILES string of the molecule is Cl.O=C(CNC(=O)c1ccccc1C(F)(F)F)NC1CCNC1. The van der Waals surface area contributed by atoms with Crippen molar-refractivity contribution in [3.8, 4) is 0 Å². The van der Waals surface area contributed by atoms with Crippen molar-refractivity contribution in [3.63, 3.8) is 0 Å². The van der Waals surface area contributed by atoms with E-state index in [1.165, 1.54) is 12.1 Å². The van der Waals surface area contributed by atoms with E-state index in [9.17, 15) is 22.8 Å². The first-order valence-electron chi connectivity index (χ1n) is 6.82. The number of nitrogens with one attached hydrogen (secondary N) is 3. The van der Waals surface area contributed by atoms with Crippen LogP contribution in [0.4, 0.5) is 13.2 Å². The molecule has 0 bridgehead atoms. The molecule has 2 rings (SSSR count). The number of alkyl halides is 3. The number of amides is 2. The van der Waals surface area contributed by atoms with Gasteiger partial charge in [0, 0.05) is 12.6 Å². The fourth-order valence-corrected chi connectivity index (χ4v) is 2.24. The van der Waals surface area contributed by atoms with Crippen LogP contribution in [-0.4, -0.2) is 37.5 Å². The predicted molar refractivity (Wildman–Crippen MR) is 80.4 cm³/mol. The molecule has 1 aromatic carbocycles. The number of rotatable bonds is 4. The lowest BCUT2D eigenvalue weighted by atomic mass is 10.1. The van der Waals surface area contributed by atoms with Crippen LogP contribution in [0.15, 0.2) is 24.3 Å². The Labute approximate surface area is 137 Å². The minimum absolute atomic E-state index is 0. The van der Waals surface area contributed by atoms with E-state index in [1.54, 1.807) is 0 Å². The second kappa shape index (κ2) is 8.16. The summed E-state index contributed by atoms with van der Waals surface area (Å²) in [5.74, 6) is -1.35. The summed E-state index contributed by atoms with van der Waals surface area (Å²) in [4.78, 5) is 23.5. The summed E-state index contributed by atoms with van der Waals surface area (Å²) >= 11 is 0. The Balaban J connectivity index is 0.00000264. The molecule has 1 saturated heterocycles.